The zero-order chi connectivity index (χ0) is 34.6. The summed E-state index contributed by atoms with van der Waals surface area (Å²) >= 11 is -4.77. The van der Waals surface area contributed by atoms with Crippen molar-refractivity contribution in [1.29, 1.82) is 0 Å². The van der Waals surface area contributed by atoms with Crippen LogP contribution in [-0.4, -0.2) is 5.92 Å². The van der Waals surface area contributed by atoms with Crippen molar-refractivity contribution in [1.82, 2.24) is 0 Å². The third-order valence-electron chi connectivity index (χ3n) is 11.4. The number of benzene rings is 6. The summed E-state index contributed by atoms with van der Waals surface area (Å²) < 4.78 is 0.135. The normalized spacial score (nSPS) is 17.5. The Kier molecular flexibility index (Phi) is 8.68. The van der Waals surface area contributed by atoms with E-state index < -0.39 is 21.5 Å². The molecule has 0 saturated carbocycles. The van der Waals surface area contributed by atoms with E-state index in [1.807, 2.05) is 0 Å². The van der Waals surface area contributed by atoms with E-state index in [1.165, 1.54) is 77.9 Å². The van der Waals surface area contributed by atoms with Crippen LogP contribution in [0.1, 0.15) is 43.4 Å². The van der Waals surface area contributed by atoms with Gasteiger partial charge in [0.1, 0.15) is 0 Å². The molecule has 2 aliphatic rings. The number of hydrogen-bond acceptors (Lipinski definition) is 0. The fourth-order valence-electron chi connectivity index (χ4n) is 8.85. The molecule has 6 aromatic rings. The quantitative estimate of drug-likeness (QED) is 0.142. The van der Waals surface area contributed by atoms with Crippen LogP contribution in [0.3, 0.4) is 0 Å². The van der Waals surface area contributed by atoms with Crippen molar-refractivity contribution >= 4 is 35.1 Å². The molecule has 247 valence electrons. The number of hydrogen-bond donors (Lipinski definition) is 0. The molecular formula is C46H41Cl2SiZr. The monoisotopic (exact) mass is 781 g/mol. The maximum atomic E-state index is 8.52. The summed E-state index contributed by atoms with van der Waals surface area (Å²) in [6.45, 7) is 9.39. The molecule has 0 fully saturated rings. The Balaban J connectivity index is 1.20. The van der Waals surface area contributed by atoms with Crippen LogP contribution in [0, 0.1) is 0 Å². The first-order valence-corrected chi connectivity index (χ1v) is 34.0. The second-order valence-electron chi connectivity index (χ2n) is 14.5. The predicted octanol–water partition coefficient (Wildman–Crippen LogP) is 14.0. The first-order valence-electron chi connectivity index (χ1n) is 17.7. The molecule has 0 heterocycles. The van der Waals surface area contributed by atoms with Crippen molar-refractivity contribution in [3.63, 3.8) is 0 Å². The van der Waals surface area contributed by atoms with Crippen LogP contribution in [0.25, 0.3) is 56.7 Å². The molecule has 0 amide bonds. The van der Waals surface area contributed by atoms with Gasteiger partial charge in [-0.2, -0.15) is 0 Å². The zero-order valence-corrected chi connectivity index (χ0v) is 34.1. The fourth-order valence-corrected chi connectivity index (χ4v) is 41.8. The third kappa shape index (κ3) is 5.43. The van der Waals surface area contributed by atoms with Gasteiger partial charge in [-0.05, 0) is 0 Å². The van der Waals surface area contributed by atoms with Gasteiger partial charge in [0.15, 0.2) is 0 Å². The zero-order valence-electron chi connectivity index (χ0n) is 29.0. The molecule has 0 spiro atoms. The Morgan fingerprint density at radius 3 is 1.12 bits per heavy atom. The fraction of sp³-hybridized carbons (Fsp3) is 0.130. The molecule has 0 saturated heterocycles. The third-order valence-corrected chi connectivity index (χ3v) is 63.6. The molecule has 8 rings (SSSR count). The van der Waals surface area contributed by atoms with Crippen LogP contribution in [0.2, 0.25) is 13.1 Å². The van der Waals surface area contributed by atoms with Gasteiger partial charge in [-0.1, -0.05) is 0 Å². The van der Waals surface area contributed by atoms with E-state index in [-0.39, 0.29) is 7.25 Å². The number of halogens is 2. The van der Waals surface area contributed by atoms with Crippen molar-refractivity contribution in [2.75, 3.05) is 0 Å². The summed E-state index contributed by atoms with van der Waals surface area (Å²) in [5, 5.41) is 0. The minimum absolute atomic E-state index is 0.0677. The molecule has 2 unspecified atom stereocenters. The first kappa shape index (κ1) is 33.6. The molecular weight excluding hydrogens is 743 g/mol. The molecule has 0 aliphatic heterocycles. The molecule has 0 nitrogen and oxygen atoms in total. The van der Waals surface area contributed by atoms with E-state index in [1.54, 1.807) is 0 Å². The van der Waals surface area contributed by atoms with Gasteiger partial charge in [0.25, 0.3) is 0 Å². The van der Waals surface area contributed by atoms with Crippen LogP contribution < -0.4 is 0 Å². The van der Waals surface area contributed by atoms with E-state index in [0.29, 0.717) is 0 Å². The van der Waals surface area contributed by atoms with Crippen molar-refractivity contribution in [2.24, 2.45) is 0 Å². The second kappa shape index (κ2) is 12.9. The van der Waals surface area contributed by atoms with Gasteiger partial charge >= 0.3 is 308 Å². The molecule has 0 aromatic heterocycles. The number of allylic oxidation sites excluding steroid dienone is 2. The summed E-state index contributed by atoms with van der Waals surface area (Å²) in [5.74, 6) is -1.62. The van der Waals surface area contributed by atoms with Crippen LogP contribution in [0.4, 0.5) is 0 Å². The van der Waals surface area contributed by atoms with Crippen LogP contribution in [-0.2, 0) is 15.6 Å². The second-order valence-corrected chi connectivity index (χ2v) is 57.0. The van der Waals surface area contributed by atoms with Crippen LogP contribution in [0.5, 0.6) is 0 Å². The van der Waals surface area contributed by atoms with E-state index in [9.17, 15) is 0 Å². The minimum atomic E-state index is -4.77. The van der Waals surface area contributed by atoms with Gasteiger partial charge in [-0.3, -0.25) is 0 Å². The van der Waals surface area contributed by atoms with E-state index in [4.69, 9.17) is 17.0 Å². The molecule has 0 bridgehead atoms. The Bertz CT molecular complexity index is 2130. The molecule has 2 aliphatic carbocycles. The Hall–Kier alpha value is -3.52. The molecule has 6 aromatic carbocycles. The molecule has 0 N–H and O–H groups in total. The van der Waals surface area contributed by atoms with E-state index in [2.05, 4.69) is 185 Å². The SMILES string of the molecule is CC1=Cc2c(-c3ccc(-c4ccccc4)cc3)cccc2[CH]1[Zr]([Cl])([Cl])([CH]1C(C)=Cc2c(-c3ccc(-c4ccccc4)cc3)cccc21)[SiH](C)C. The number of fused-ring (bicyclic) bond motifs is 2. The van der Waals surface area contributed by atoms with Crippen molar-refractivity contribution in [3.8, 4) is 44.5 Å². The van der Waals surface area contributed by atoms with Crippen molar-refractivity contribution in [2.45, 2.75) is 34.2 Å². The van der Waals surface area contributed by atoms with Crippen molar-refractivity contribution < 1.29 is 15.6 Å². The topological polar surface area (TPSA) is 0 Å². The summed E-state index contributed by atoms with van der Waals surface area (Å²) in [6, 6.07) is 52.7. The summed E-state index contributed by atoms with van der Waals surface area (Å²) in [4.78, 5) is 0. The Morgan fingerprint density at radius 1 is 0.420 bits per heavy atom. The van der Waals surface area contributed by atoms with E-state index in [0.717, 1.165) is 0 Å². The Morgan fingerprint density at radius 2 is 0.760 bits per heavy atom. The summed E-state index contributed by atoms with van der Waals surface area (Å²) in [7, 11) is 17.0. The van der Waals surface area contributed by atoms with Gasteiger partial charge in [0.2, 0.25) is 0 Å². The van der Waals surface area contributed by atoms with Gasteiger partial charge in [0, 0.05) is 0 Å². The maximum absolute atomic E-state index is 8.52. The van der Waals surface area contributed by atoms with E-state index >= 15 is 0 Å². The standard InChI is InChI=1S/2C22H17.C2H7Si.2ClH.Zr/c2*1-16-14-20-8-5-9-21(22(20)15-16)19-12-10-18(11-13-19)17-6-3-2-4-7-17;1-3-2;;;/h2*2-15H,1H3;3H,1-2H3;2*1H;/q;;;;;+2/p-2. The first-order chi connectivity index (χ1) is 24.1. The number of rotatable bonds is 7. The van der Waals surface area contributed by atoms with Gasteiger partial charge < -0.3 is 0 Å². The molecule has 50 heavy (non-hydrogen) atoms. The summed E-state index contributed by atoms with van der Waals surface area (Å²) in [6.07, 6.45) is 4.80. The average molecular weight is 784 g/mol. The van der Waals surface area contributed by atoms with Gasteiger partial charge in [-0.15, -0.1) is 0 Å². The summed E-state index contributed by atoms with van der Waals surface area (Å²) in [5.41, 5.74) is 17.7. The van der Waals surface area contributed by atoms with Gasteiger partial charge in [0.05, 0.1) is 0 Å². The average Bonchev–Trinajstić information content (AvgIpc) is 3.69. The predicted molar refractivity (Wildman–Crippen MR) is 218 cm³/mol. The van der Waals surface area contributed by atoms with Crippen molar-refractivity contribution in [3.05, 3.63) is 179 Å². The molecule has 2 atom stereocenters. The molecule has 0 radical (unpaired) electrons. The van der Waals surface area contributed by atoms with Crippen LogP contribution >= 0.6 is 17.0 Å². The van der Waals surface area contributed by atoms with Gasteiger partial charge in [-0.25, -0.2) is 0 Å². The van der Waals surface area contributed by atoms with Crippen LogP contribution in [0.15, 0.2) is 157 Å². The molecule has 4 heteroatoms. The Labute approximate surface area is 305 Å².